The number of ether oxygens (including phenoxy) is 1. The van der Waals surface area contributed by atoms with Crippen LogP contribution in [0.1, 0.15) is 30.8 Å². The van der Waals surface area contributed by atoms with Crippen LogP contribution < -0.4 is 10.1 Å². The van der Waals surface area contributed by atoms with Crippen LogP contribution in [0.3, 0.4) is 0 Å². The van der Waals surface area contributed by atoms with Gasteiger partial charge in [-0.25, -0.2) is 4.98 Å². The quantitative estimate of drug-likeness (QED) is 0.879. The number of para-hydroxylation sites is 1. The molecule has 0 radical (unpaired) electrons. The molecule has 0 fully saturated rings. The van der Waals surface area contributed by atoms with Gasteiger partial charge in [0.05, 0.1) is 0 Å². The Bertz CT molecular complexity index is 561. The predicted octanol–water partition coefficient (Wildman–Crippen LogP) is 2.81. The number of hydrogen-bond donors (Lipinski definition) is 1. The molecule has 4 nitrogen and oxygen atoms in total. The van der Waals surface area contributed by atoms with Crippen LogP contribution in [0.15, 0.2) is 30.6 Å². The molecule has 1 heterocycles. The maximum absolute atomic E-state index is 6.00. The van der Waals surface area contributed by atoms with E-state index in [0.717, 1.165) is 23.7 Å². The number of benzene rings is 1. The monoisotopic (exact) mass is 273 g/mol. The minimum atomic E-state index is 0.456. The minimum absolute atomic E-state index is 0.456. The first kappa shape index (κ1) is 14.6. The summed E-state index contributed by atoms with van der Waals surface area (Å²) in [5.74, 6) is 1.89. The van der Waals surface area contributed by atoms with Crippen molar-refractivity contribution in [1.29, 1.82) is 0 Å². The summed E-state index contributed by atoms with van der Waals surface area (Å²) in [7, 11) is 1.98. The Balaban J connectivity index is 2.11. The van der Waals surface area contributed by atoms with Crippen LogP contribution in [0, 0.1) is 6.92 Å². The highest BCUT2D eigenvalue weighted by atomic mass is 16.5. The molecule has 2 rings (SSSR count). The molecule has 0 spiro atoms. The van der Waals surface area contributed by atoms with Crippen molar-refractivity contribution < 1.29 is 4.74 Å². The first-order valence-corrected chi connectivity index (χ1v) is 6.99. The average molecular weight is 273 g/mol. The summed E-state index contributed by atoms with van der Waals surface area (Å²) in [6, 6.07) is 6.71. The van der Waals surface area contributed by atoms with Crippen molar-refractivity contribution in [3.05, 3.63) is 47.5 Å². The van der Waals surface area contributed by atoms with Gasteiger partial charge in [0.25, 0.3) is 0 Å². The molecule has 0 atom stereocenters. The van der Waals surface area contributed by atoms with Gasteiger partial charge >= 0.3 is 0 Å². The zero-order valence-corrected chi connectivity index (χ0v) is 12.7. The van der Waals surface area contributed by atoms with Gasteiger partial charge in [0.2, 0.25) is 0 Å². The lowest BCUT2D eigenvalue weighted by Gasteiger charge is -2.15. The molecule has 0 aliphatic heterocycles. The van der Waals surface area contributed by atoms with E-state index in [9.17, 15) is 0 Å². The van der Waals surface area contributed by atoms with E-state index >= 15 is 0 Å². The zero-order chi connectivity index (χ0) is 14.5. The van der Waals surface area contributed by atoms with Crippen molar-refractivity contribution in [3.8, 4) is 5.75 Å². The van der Waals surface area contributed by atoms with Crippen molar-refractivity contribution in [2.45, 2.75) is 40.0 Å². The van der Waals surface area contributed by atoms with E-state index in [4.69, 9.17) is 4.74 Å². The number of nitrogens with zero attached hydrogens (tertiary/aromatic N) is 2. The predicted molar refractivity (Wildman–Crippen MR) is 80.7 cm³/mol. The third-order valence-electron chi connectivity index (χ3n) is 3.26. The molecule has 0 unspecified atom stereocenters. The highest BCUT2D eigenvalue weighted by Crippen LogP contribution is 2.24. The highest BCUT2D eigenvalue weighted by Gasteiger charge is 2.09. The topological polar surface area (TPSA) is 39.1 Å². The molecule has 1 N–H and O–H groups in total. The van der Waals surface area contributed by atoms with Crippen molar-refractivity contribution in [1.82, 2.24) is 14.9 Å². The fourth-order valence-corrected chi connectivity index (χ4v) is 2.05. The van der Waals surface area contributed by atoms with Gasteiger partial charge in [-0.2, -0.15) is 0 Å². The van der Waals surface area contributed by atoms with Crippen LogP contribution in [-0.4, -0.2) is 15.6 Å². The maximum Gasteiger partial charge on any atom is 0.146 e. The lowest BCUT2D eigenvalue weighted by Crippen LogP contribution is -2.22. The Morgan fingerprint density at radius 2 is 2.15 bits per heavy atom. The third kappa shape index (κ3) is 3.61. The summed E-state index contributed by atoms with van der Waals surface area (Å²) in [5.41, 5.74) is 2.34. The number of imidazole rings is 1. The molecule has 0 bridgehead atoms. The van der Waals surface area contributed by atoms with E-state index in [1.807, 2.05) is 17.8 Å². The molecule has 20 heavy (non-hydrogen) atoms. The Kier molecular flexibility index (Phi) is 4.79. The van der Waals surface area contributed by atoms with Gasteiger partial charge in [0.15, 0.2) is 0 Å². The third-order valence-corrected chi connectivity index (χ3v) is 3.26. The second-order valence-electron chi connectivity index (χ2n) is 5.34. The lowest BCUT2D eigenvalue weighted by molar-refractivity contribution is 0.286. The molecular formula is C16H23N3O. The molecule has 1 aromatic heterocycles. The molecule has 2 aromatic rings. The Morgan fingerprint density at radius 1 is 1.35 bits per heavy atom. The second kappa shape index (κ2) is 6.57. The fraction of sp³-hybridized carbons (Fsp3) is 0.438. The van der Waals surface area contributed by atoms with Crippen molar-refractivity contribution in [3.63, 3.8) is 0 Å². The number of nitrogens with one attached hydrogen (secondary N) is 1. The fourth-order valence-electron chi connectivity index (χ4n) is 2.05. The van der Waals surface area contributed by atoms with Gasteiger partial charge in [-0.3, -0.25) is 0 Å². The Hall–Kier alpha value is -1.81. The van der Waals surface area contributed by atoms with E-state index in [1.165, 1.54) is 5.56 Å². The van der Waals surface area contributed by atoms with Crippen LogP contribution in [-0.2, 0) is 20.2 Å². The Morgan fingerprint density at radius 3 is 2.80 bits per heavy atom. The van der Waals surface area contributed by atoms with E-state index < -0.39 is 0 Å². The van der Waals surface area contributed by atoms with Crippen LogP contribution in [0.2, 0.25) is 0 Å². The van der Waals surface area contributed by atoms with Gasteiger partial charge in [0, 0.05) is 37.6 Å². The zero-order valence-electron chi connectivity index (χ0n) is 12.7. The van der Waals surface area contributed by atoms with Crippen LogP contribution in [0.5, 0.6) is 5.75 Å². The van der Waals surface area contributed by atoms with Gasteiger partial charge in [0.1, 0.15) is 18.2 Å². The molecule has 0 aliphatic rings. The SMILES string of the molecule is Cc1cccc(CNC(C)C)c1OCc1nccn1C. The van der Waals surface area contributed by atoms with Crippen LogP contribution in [0.25, 0.3) is 0 Å². The first-order chi connectivity index (χ1) is 9.58. The summed E-state index contributed by atoms with van der Waals surface area (Å²) >= 11 is 0. The normalized spacial score (nSPS) is 11.1. The van der Waals surface area contributed by atoms with Crippen LogP contribution in [0.4, 0.5) is 0 Å². The van der Waals surface area contributed by atoms with Crippen molar-refractivity contribution in [2.75, 3.05) is 0 Å². The van der Waals surface area contributed by atoms with Crippen molar-refractivity contribution in [2.24, 2.45) is 7.05 Å². The summed E-state index contributed by atoms with van der Waals surface area (Å²) in [5, 5.41) is 3.43. The average Bonchev–Trinajstić information content (AvgIpc) is 2.81. The summed E-state index contributed by atoms with van der Waals surface area (Å²) in [6.07, 6.45) is 3.72. The molecule has 108 valence electrons. The number of hydrogen-bond acceptors (Lipinski definition) is 3. The first-order valence-electron chi connectivity index (χ1n) is 6.99. The van der Waals surface area contributed by atoms with E-state index in [2.05, 4.69) is 49.3 Å². The smallest absolute Gasteiger partial charge is 0.146 e. The van der Waals surface area contributed by atoms with E-state index in [0.29, 0.717) is 12.6 Å². The molecule has 1 aromatic carbocycles. The minimum Gasteiger partial charge on any atom is -0.485 e. The number of aromatic nitrogens is 2. The maximum atomic E-state index is 6.00. The van der Waals surface area contributed by atoms with Gasteiger partial charge in [-0.15, -0.1) is 0 Å². The Labute approximate surface area is 120 Å². The molecule has 0 amide bonds. The molecule has 0 saturated carbocycles. The summed E-state index contributed by atoms with van der Waals surface area (Å²) in [6.45, 7) is 7.67. The molecule has 0 saturated heterocycles. The highest BCUT2D eigenvalue weighted by molar-refractivity contribution is 5.40. The van der Waals surface area contributed by atoms with Gasteiger partial charge < -0.3 is 14.6 Å². The molecule has 4 heteroatoms. The van der Waals surface area contributed by atoms with Gasteiger partial charge in [-0.05, 0) is 12.5 Å². The standard InChI is InChI=1S/C16H23N3O/c1-12(2)18-10-14-7-5-6-13(3)16(14)20-11-15-17-8-9-19(15)4/h5-9,12,18H,10-11H2,1-4H3. The van der Waals surface area contributed by atoms with E-state index in [-0.39, 0.29) is 0 Å². The molecular weight excluding hydrogens is 250 g/mol. The van der Waals surface area contributed by atoms with Crippen molar-refractivity contribution >= 4 is 0 Å². The van der Waals surface area contributed by atoms with Crippen LogP contribution >= 0.6 is 0 Å². The lowest BCUT2D eigenvalue weighted by atomic mass is 10.1. The largest absolute Gasteiger partial charge is 0.485 e. The van der Waals surface area contributed by atoms with E-state index in [1.54, 1.807) is 6.20 Å². The summed E-state index contributed by atoms with van der Waals surface area (Å²) in [4.78, 5) is 4.29. The summed E-state index contributed by atoms with van der Waals surface area (Å²) < 4.78 is 7.98. The van der Waals surface area contributed by atoms with Gasteiger partial charge in [-0.1, -0.05) is 32.0 Å². The second-order valence-corrected chi connectivity index (χ2v) is 5.34. The molecule has 0 aliphatic carbocycles. The number of rotatable bonds is 6. The number of aryl methyl sites for hydroxylation is 2.